The fraction of sp³-hybridized carbons (Fsp3) is 0.522. The number of thiophene rings is 1. The van der Waals surface area contributed by atoms with Crippen LogP contribution >= 0.6 is 11.3 Å². The minimum absolute atomic E-state index is 0.0755. The van der Waals surface area contributed by atoms with Gasteiger partial charge < -0.3 is 14.7 Å². The van der Waals surface area contributed by atoms with E-state index in [4.69, 9.17) is 9.51 Å². The van der Waals surface area contributed by atoms with E-state index in [0.717, 1.165) is 74.5 Å². The van der Waals surface area contributed by atoms with Crippen molar-refractivity contribution in [1.29, 1.82) is 0 Å². The van der Waals surface area contributed by atoms with Crippen molar-refractivity contribution in [2.75, 3.05) is 31.1 Å². The van der Waals surface area contributed by atoms with Crippen LogP contribution < -0.4 is 10.2 Å². The summed E-state index contributed by atoms with van der Waals surface area (Å²) in [7, 11) is 0. The van der Waals surface area contributed by atoms with Gasteiger partial charge in [0, 0.05) is 47.9 Å². The molecule has 0 spiro atoms. The van der Waals surface area contributed by atoms with Crippen molar-refractivity contribution in [3.63, 3.8) is 0 Å². The maximum Gasteiger partial charge on any atom is 0.325 e. The summed E-state index contributed by atoms with van der Waals surface area (Å²) in [4.78, 5) is 22.6. The van der Waals surface area contributed by atoms with Crippen molar-refractivity contribution < 1.29 is 9.32 Å². The lowest BCUT2D eigenvalue weighted by Crippen LogP contribution is -2.55. The number of pyridine rings is 1. The molecule has 31 heavy (non-hydrogen) atoms. The van der Waals surface area contributed by atoms with Gasteiger partial charge in [0.05, 0.1) is 11.7 Å². The third kappa shape index (κ3) is 3.94. The first-order valence-corrected chi connectivity index (χ1v) is 12.0. The van der Waals surface area contributed by atoms with Crippen LogP contribution in [0, 0.1) is 13.8 Å². The zero-order chi connectivity index (χ0) is 21.4. The van der Waals surface area contributed by atoms with Crippen molar-refractivity contribution in [3.05, 3.63) is 40.7 Å². The molecule has 8 heteroatoms. The summed E-state index contributed by atoms with van der Waals surface area (Å²) in [6.45, 7) is 7.31. The zero-order valence-corrected chi connectivity index (χ0v) is 19.0. The van der Waals surface area contributed by atoms with E-state index in [2.05, 4.69) is 22.8 Å². The predicted molar refractivity (Wildman–Crippen MR) is 123 cm³/mol. The van der Waals surface area contributed by atoms with E-state index in [-0.39, 0.29) is 12.1 Å². The summed E-state index contributed by atoms with van der Waals surface area (Å²) in [5.41, 5.74) is 2.10. The molecule has 3 aromatic rings. The van der Waals surface area contributed by atoms with Gasteiger partial charge in [-0.05, 0) is 63.1 Å². The van der Waals surface area contributed by atoms with E-state index in [0.29, 0.717) is 5.92 Å². The molecule has 2 amide bonds. The summed E-state index contributed by atoms with van der Waals surface area (Å²) in [5, 5.41) is 10.8. The Balaban J connectivity index is 1.42. The molecular formula is C23H29N5O2S. The van der Waals surface area contributed by atoms with Gasteiger partial charge in [0.15, 0.2) is 0 Å². The van der Waals surface area contributed by atoms with Crippen molar-refractivity contribution in [3.8, 4) is 0 Å². The first kappa shape index (κ1) is 20.5. The van der Waals surface area contributed by atoms with Gasteiger partial charge in [-0.1, -0.05) is 5.16 Å². The van der Waals surface area contributed by atoms with E-state index in [1.54, 1.807) is 11.3 Å². The topological polar surface area (TPSA) is 74.5 Å². The summed E-state index contributed by atoms with van der Waals surface area (Å²) < 4.78 is 6.67. The smallest absolute Gasteiger partial charge is 0.325 e. The normalized spacial score (nSPS) is 20.3. The lowest BCUT2D eigenvalue weighted by molar-refractivity contribution is 0.178. The fourth-order valence-corrected chi connectivity index (χ4v) is 5.78. The molecule has 0 bridgehead atoms. The molecule has 2 fully saturated rings. The van der Waals surface area contributed by atoms with Crippen molar-refractivity contribution in [2.24, 2.45) is 0 Å². The molecule has 5 rings (SSSR count). The largest absolute Gasteiger partial charge is 0.361 e. The van der Waals surface area contributed by atoms with E-state index in [1.165, 1.54) is 10.3 Å². The second-order valence-electron chi connectivity index (χ2n) is 8.71. The van der Waals surface area contributed by atoms with E-state index < -0.39 is 0 Å². The van der Waals surface area contributed by atoms with Gasteiger partial charge in [-0.3, -0.25) is 4.90 Å². The Hall–Kier alpha value is -2.45. The molecule has 2 saturated heterocycles. The highest BCUT2D eigenvalue weighted by atomic mass is 32.1. The Morgan fingerprint density at radius 3 is 2.84 bits per heavy atom. The van der Waals surface area contributed by atoms with Crippen molar-refractivity contribution in [2.45, 2.75) is 51.5 Å². The number of fused-ring (bicyclic) bond motifs is 1. The highest BCUT2D eigenvalue weighted by Crippen LogP contribution is 2.35. The van der Waals surface area contributed by atoms with E-state index in [1.807, 2.05) is 35.1 Å². The Morgan fingerprint density at radius 2 is 2.13 bits per heavy atom. The maximum atomic E-state index is 13.9. The summed E-state index contributed by atoms with van der Waals surface area (Å²) in [5.74, 6) is 2.08. The average molecular weight is 440 g/mol. The number of piperidine rings is 2. The minimum Gasteiger partial charge on any atom is -0.361 e. The molecule has 3 aromatic heterocycles. The summed E-state index contributed by atoms with van der Waals surface area (Å²) >= 11 is 1.72. The lowest BCUT2D eigenvalue weighted by Gasteiger charge is -2.39. The standard InChI is InChI=1S/C23H29N5O2S/c1-15-14-31-20-5-9-25-22(21(15)20)28(18-4-3-8-24-13-18)23(29)27-10-6-17(7-11-27)19-12-16(2)26-30-19/h5,9,12,14,17-18,24H,3-4,6-8,10-11,13H2,1-2H3/t18-/m1/s1. The van der Waals surface area contributed by atoms with Gasteiger partial charge in [0.1, 0.15) is 11.6 Å². The number of nitrogens with one attached hydrogen (secondary N) is 1. The van der Waals surface area contributed by atoms with Gasteiger partial charge in [-0.15, -0.1) is 11.3 Å². The Bertz CT molecular complexity index is 1060. The van der Waals surface area contributed by atoms with Crippen LogP contribution in [0.2, 0.25) is 0 Å². The van der Waals surface area contributed by atoms with E-state index >= 15 is 0 Å². The number of rotatable bonds is 3. The number of anilines is 1. The van der Waals surface area contributed by atoms with Gasteiger partial charge >= 0.3 is 6.03 Å². The molecule has 0 aliphatic carbocycles. The molecule has 2 aliphatic heterocycles. The Labute approximate surface area is 186 Å². The third-order valence-electron chi connectivity index (χ3n) is 6.53. The van der Waals surface area contributed by atoms with Crippen LogP contribution in [0.15, 0.2) is 28.2 Å². The van der Waals surface area contributed by atoms with E-state index in [9.17, 15) is 4.79 Å². The predicted octanol–water partition coefficient (Wildman–Crippen LogP) is 4.46. The number of carbonyl (C=O) groups excluding carboxylic acids is 1. The number of hydrogen-bond acceptors (Lipinski definition) is 6. The molecule has 0 radical (unpaired) electrons. The monoisotopic (exact) mass is 439 g/mol. The maximum absolute atomic E-state index is 13.9. The molecule has 2 aliphatic rings. The lowest BCUT2D eigenvalue weighted by atomic mass is 9.94. The summed E-state index contributed by atoms with van der Waals surface area (Å²) in [6.07, 6.45) is 5.69. The van der Waals surface area contributed by atoms with Gasteiger partial charge in [0.2, 0.25) is 0 Å². The number of aromatic nitrogens is 2. The van der Waals surface area contributed by atoms with Crippen LogP contribution in [-0.4, -0.2) is 53.3 Å². The SMILES string of the molecule is Cc1cc(C2CCN(C(=O)N(c3nccc4scc(C)c34)[C@@H]3CCCNC3)CC2)on1. The van der Waals surface area contributed by atoms with Crippen LogP contribution in [0.5, 0.6) is 0 Å². The minimum atomic E-state index is 0.0755. The fourth-order valence-electron chi connectivity index (χ4n) is 4.85. The zero-order valence-electron chi connectivity index (χ0n) is 18.1. The number of nitrogens with zero attached hydrogens (tertiary/aromatic N) is 4. The quantitative estimate of drug-likeness (QED) is 0.652. The molecule has 1 atom stereocenters. The molecule has 0 aromatic carbocycles. The van der Waals surface area contributed by atoms with Crippen molar-refractivity contribution >= 4 is 33.3 Å². The van der Waals surface area contributed by atoms with Crippen LogP contribution in [-0.2, 0) is 0 Å². The molecule has 5 heterocycles. The Kier molecular flexibility index (Phi) is 5.67. The van der Waals surface area contributed by atoms with Gasteiger partial charge in [-0.2, -0.15) is 0 Å². The number of aryl methyl sites for hydroxylation is 2. The van der Waals surface area contributed by atoms with Crippen LogP contribution in [0.3, 0.4) is 0 Å². The molecule has 0 unspecified atom stereocenters. The number of carbonyl (C=O) groups is 1. The van der Waals surface area contributed by atoms with Crippen LogP contribution in [0.4, 0.5) is 10.6 Å². The van der Waals surface area contributed by atoms with Crippen LogP contribution in [0.1, 0.15) is 48.6 Å². The van der Waals surface area contributed by atoms with Gasteiger partial charge in [0.25, 0.3) is 0 Å². The number of urea groups is 1. The Morgan fingerprint density at radius 1 is 1.29 bits per heavy atom. The molecule has 7 nitrogen and oxygen atoms in total. The average Bonchev–Trinajstić information content (AvgIpc) is 3.41. The highest BCUT2D eigenvalue weighted by molar-refractivity contribution is 7.17. The van der Waals surface area contributed by atoms with Gasteiger partial charge in [-0.25, -0.2) is 9.78 Å². The second kappa shape index (κ2) is 8.59. The van der Waals surface area contributed by atoms with Crippen LogP contribution in [0.25, 0.3) is 10.1 Å². The van der Waals surface area contributed by atoms with Crippen molar-refractivity contribution in [1.82, 2.24) is 20.4 Å². The number of likely N-dealkylation sites (tertiary alicyclic amines) is 1. The first-order chi connectivity index (χ1) is 15.1. The highest BCUT2D eigenvalue weighted by Gasteiger charge is 2.35. The molecule has 164 valence electrons. The molecular weight excluding hydrogens is 410 g/mol. The first-order valence-electron chi connectivity index (χ1n) is 11.2. The third-order valence-corrected chi connectivity index (χ3v) is 7.60. The second-order valence-corrected chi connectivity index (χ2v) is 9.62. The molecule has 0 saturated carbocycles. The number of hydrogen-bond donors (Lipinski definition) is 1. The number of amides is 2. The molecule has 1 N–H and O–H groups in total. The summed E-state index contributed by atoms with van der Waals surface area (Å²) in [6, 6.07) is 4.26.